The molecule has 0 atom stereocenters. The molecule has 0 saturated heterocycles. The Morgan fingerprint density at radius 3 is 2.53 bits per heavy atom. The van der Waals surface area contributed by atoms with Gasteiger partial charge < -0.3 is 4.74 Å². The normalized spacial score (nSPS) is 10.2. The zero-order valence-electron chi connectivity index (χ0n) is 10.1. The van der Waals surface area contributed by atoms with Gasteiger partial charge in [0.15, 0.2) is 0 Å². The van der Waals surface area contributed by atoms with Crippen LogP contribution in [0.5, 0.6) is 0 Å². The zero-order chi connectivity index (χ0) is 12.5. The summed E-state index contributed by atoms with van der Waals surface area (Å²) >= 11 is 0. The van der Waals surface area contributed by atoms with Gasteiger partial charge in [-0.15, -0.1) is 0 Å². The zero-order valence-corrected chi connectivity index (χ0v) is 10.1. The van der Waals surface area contributed by atoms with Crippen LogP contribution in [0.2, 0.25) is 0 Å². The maximum atomic E-state index is 11.2. The van der Waals surface area contributed by atoms with Crippen LogP contribution in [0.4, 0.5) is 0 Å². The number of hydrogen-bond acceptors (Lipinski definition) is 3. The molecule has 92 valence electrons. The number of ketones is 2. The van der Waals surface area contributed by atoms with Crippen LogP contribution in [0.25, 0.3) is 0 Å². The van der Waals surface area contributed by atoms with E-state index in [0.717, 1.165) is 5.56 Å². The first-order valence-electron chi connectivity index (χ1n) is 5.81. The predicted molar refractivity (Wildman–Crippen MR) is 65.6 cm³/mol. The third kappa shape index (κ3) is 6.64. The molecule has 0 heterocycles. The Hall–Kier alpha value is -1.48. The van der Waals surface area contributed by atoms with Crippen LogP contribution in [-0.2, 0) is 20.9 Å². The van der Waals surface area contributed by atoms with Crippen LogP contribution in [0, 0.1) is 0 Å². The van der Waals surface area contributed by atoms with Crippen molar-refractivity contribution >= 4 is 11.6 Å². The minimum atomic E-state index is -0.0693. The molecule has 3 nitrogen and oxygen atoms in total. The van der Waals surface area contributed by atoms with Gasteiger partial charge in [0.05, 0.1) is 13.0 Å². The Labute approximate surface area is 102 Å². The highest BCUT2D eigenvalue weighted by molar-refractivity contribution is 5.97. The smallest absolute Gasteiger partial charge is 0.140 e. The standard InChI is InChI=1S/C14H18O3/c1-12(15)10-14(16)8-5-9-17-11-13-6-3-2-4-7-13/h2-4,6-7H,5,8-11H2,1H3. The monoisotopic (exact) mass is 234 g/mol. The lowest BCUT2D eigenvalue weighted by molar-refractivity contribution is -0.126. The van der Waals surface area contributed by atoms with Gasteiger partial charge in [-0.1, -0.05) is 30.3 Å². The number of Topliss-reactive ketones (excluding diaryl/α,β-unsaturated/α-hetero) is 2. The van der Waals surface area contributed by atoms with Gasteiger partial charge in [0, 0.05) is 13.0 Å². The van der Waals surface area contributed by atoms with Gasteiger partial charge >= 0.3 is 0 Å². The van der Waals surface area contributed by atoms with Crippen LogP contribution < -0.4 is 0 Å². The molecule has 0 radical (unpaired) electrons. The number of carbonyl (C=O) groups excluding carboxylic acids is 2. The number of carbonyl (C=O) groups is 2. The maximum absolute atomic E-state index is 11.2. The van der Waals surface area contributed by atoms with E-state index in [9.17, 15) is 9.59 Å². The fourth-order valence-corrected chi connectivity index (χ4v) is 1.50. The van der Waals surface area contributed by atoms with Crippen molar-refractivity contribution in [3.05, 3.63) is 35.9 Å². The molecule has 0 aromatic heterocycles. The first-order chi connectivity index (χ1) is 8.18. The minimum absolute atomic E-state index is 0.000751. The van der Waals surface area contributed by atoms with E-state index in [1.165, 1.54) is 6.92 Å². The quantitative estimate of drug-likeness (QED) is 0.513. The molecule has 0 aliphatic heterocycles. The van der Waals surface area contributed by atoms with E-state index in [1.54, 1.807) is 0 Å². The van der Waals surface area contributed by atoms with Gasteiger partial charge in [-0.3, -0.25) is 9.59 Å². The molecular weight excluding hydrogens is 216 g/mol. The first kappa shape index (κ1) is 13.6. The van der Waals surface area contributed by atoms with E-state index in [1.807, 2.05) is 30.3 Å². The SMILES string of the molecule is CC(=O)CC(=O)CCCOCc1ccccc1. The fraction of sp³-hybridized carbons (Fsp3) is 0.429. The highest BCUT2D eigenvalue weighted by atomic mass is 16.5. The largest absolute Gasteiger partial charge is 0.377 e. The molecule has 0 N–H and O–H groups in total. The van der Waals surface area contributed by atoms with Crippen molar-refractivity contribution < 1.29 is 14.3 Å². The summed E-state index contributed by atoms with van der Waals surface area (Å²) in [4.78, 5) is 21.9. The summed E-state index contributed by atoms with van der Waals surface area (Å²) in [6.45, 7) is 2.56. The Kier molecular flexibility index (Phi) is 6.18. The average Bonchev–Trinajstić information content (AvgIpc) is 2.29. The molecule has 1 rings (SSSR count). The molecule has 3 heteroatoms. The Bertz CT molecular complexity index is 357. The van der Waals surface area contributed by atoms with Crippen LogP contribution in [0.3, 0.4) is 0 Å². The summed E-state index contributed by atoms with van der Waals surface area (Å²) in [5.74, 6) is -0.0685. The highest BCUT2D eigenvalue weighted by Crippen LogP contribution is 2.02. The molecule has 0 amide bonds. The molecule has 0 aliphatic rings. The molecule has 0 bridgehead atoms. The predicted octanol–water partition coefficient (Wildman–Crippen LogP) is 2.53. The van der Waals surface area contributed by atoms with Gasteiger partial charge in [-0.05, 0) is 18.9 Å². The molecule has 0 unspecified atom stereocenters. The lowest BCUT2D eigenvalue weighted by atomic mass is 10.1. The number of ether oxygens (including phenoxy) is 1. The van der Waals surface area contributed by atoms with E-state index in [2.05, 4.69) is 0 Å². The second-order valence-electron chi connectivity index (χ2n) is 4.06. The summed E-state index contributed by atoms with van der Waals surface area (Å²) in [7, 11) is 0. The van der Waals surface area contributed by atoms with Crippen molar-refractivity contribution in [3.8, 4) is 0 Å². The van der Waals surface area contributed by atoms with E-state index < -0.39 is 0 Å². The second-order valence-corrected chi connectivity index (χ2v) is 4.06. The van der Waals surface area contributed by atoms with E-state index in [0.29, 0.717) is 26.1 Å². The van der Waals surface area contributed by atoms with Crippen molar-refractivity contribution in [1.82, 2.24) is 0 Å². The van der Waals surface area contributed by atoms with Gasteiger partial charge in [-0.25, -0.2) is 0 Å². The maximum Gasteiger partial charge on any atom is 0.140 e. The summed E-state index contributed by atoms with van der Waals surface area (Å²) in [5, 5.41) is 0. The molecule has 0 fully saturated rings. The van der Waals surface area contributed by atoms with E-state index in [-0.39, 0.29) is 18.0 Å². The van der Waals surface area contributed by atoms with Crippen LogP contribution in [0.1, 0.15) is 31.7 Å². The van der Waals surface area contributed by atoms with Crippen molar-refractivity contribution in [2.45, 2.75) is 32.8 Å². The lowest BCUT2D eigenvalue weighted by Gasteiger charge is -2.03. The van der Waals surface area contributed by atoms with Crippen LogP contribution >= 0.6 is 0 Å². The first-order valence-corrected chi connectivity index (χ1v) is 5.81. The lowest BCUT2D eigenvalue weighted by Crippen LogP contribution is -2.05. The summed E-state index contributed by atoms with van der Waals surface area (Å²) in [6, 6.07) is 9.90. The average molecular weight is 234 g/mol. The fourth-order valence-electron chi connectivity index (χ4n) is 1.50. The van der Waals surface area contributed by atoms with E-state index in [4.69, 9.17) is 4.74 Å². The van der Waals surface area contributed by atoms with Gasteiger partial charge in [-0.2, -0.15) is 0 Å². The molecule has 1 aromatic rings. The van der Waals surface area contributed by atoms with Crippen LogP contribution in [0.15, 0.2) is 30.3 Å². The number of rotatable bonds is 8. The van der Waals surface area contributed by atoms with E-state index >= 15 is 0 Å². The van der Waals surface area contributed by atoms with Gasteiger partial charge in [0.1, 0.15) is 11.6 Å². The van der Waals surface area contributed by atoms with Crippen molar-refractivity contribution in [2.75, 3.05) is 6.61 Å². The van der Waals surface area contributed by atoms with Gasteiger partial charge in [0.2, 0.25) is 0 Å². The van der Waals surface area contributed by atoms with Crippen molar-refractivity contribution in [1.29, 1.82) is 0 Å². The summed E-state index contributed by atoms with van der Waals surface area (Å²) in [5.41, 5.74) is 1.13. The number of hydrogen-bond donors (Lipinski definition) is 0. The molecule has 0 aliphatic carbocycles. The molecule has 17 heavy (non-hydrogen) atoms. The Morgan fingerprint density at radius 2 is 1.88 bits per heavy atom. The van der Waals surface area contributed by atoms with Crippen LogP contribution in [-0.4, -0.2) is 18.2 Å². The van der Waals surface area contributed by atoms with Gasteiger partial charge in [0.25, 0.3) is 0 Å². The molecule has 1 aromatic carbocycles. The molecule has 0 saturated carbocycles. The summed E-state index contributed by atoms with van der Waals surface area (Å²) in [6.07, 6.45) is 1.16. The second kappa shape index (κ2) is 7.74. The van der Waals surface area contributed by atoms with Crippen molar-refractivity contribution in [2.24, 2.45) is 0 Å². The highest BCUT2D eigenvalue weighted by Gasteiger charge is 2.04. The number of benzene rings is 1. The molecular formula is C14H18O3. The third-order valence-electron chi connectivity index (χ3n) is 2.30. The third-order valence-corrected chi connectivity index (χ3v) is 2.30. The minimum Gasteiger partial charge on any atom is -0.377 e. The Morgan fingerprint density at radius 1 is 1.18 bits per heavy atom. The molecule has 0 spiro atoms. The Balaban J connectivity index is 2.05. The topological polar surface area (TPSA) is 43.4 Å². The van der Waals surface area contributed by atoms with Crippen molar-refractivity contribution in [3.63, 3.8) is 0 Å². The summed E-state index contributed by atoms with van der Waals surface area (Å²) < 4.78 is 5.44.